The second-order valence-electron chi connectivity index (χ2n) is 4.72. The van der Waals surface area contributed by atoms with Gasteiger partial charge >= 0.3 is 0 Å². The number of hydrogen-bond donors (Lipinski definition) is 1. The molecule has 0 spiro atoms. The molecule has 1 aliphatic carbocycles. The molecule has 0 amide bonds. The predicted octanol–water partition coefficient (Wildman–Crippen LogP) is 2.38. The summed E-state index contributed by atoms with van der Waals surface area (Å²) in [6, 6.07) is 4.09. The van der Waals surface area contributed by atoms with E-state index in [-0.39, 0.29) is 5.56 Å². The Kier molecular flexibility index (Phi) is 3.32. The molecule has 1 heterocycles. The van der Waals surface area contributed by atoms with Crippen LogP contribution in [0.2, 0.25) is 0 Å². The van der Waals surface area contributed by atoms with Gasteiger partial charge in [-0.1, -0.05) is 19.8 Å². The molecule has 1 fully saturated rings. The molecule has 2 rings (SSSR count). The number of hydrogen-bond acceptors (Lipinski definition) is 2. The molecule has 2 unspecified atom stereocenters. The maximum absolute atomic E-state index is 11.3. The molecule has 0 radical (unpaired) electrons. The van der Waals surface area contributed by atoms with Gasteiger partial charge in [-0.15, -0.1) is 0 Å². The van der Waals surface area contributed by atoms with Crippen LogP contribution in [-0.4, -0.2) is 10.6 Å². The van der Waals surface area contributed by atoms with Gasteiger partial charge in [0.1, 0.15) is 0 Å². The van der Waals surface area contributed by atoms with Crippen molar-refractivity contribution in [3.05, 3.63) is 28.7 Å². The van der Waals surface area contributed by atoms with Gasteiger partial charge in [0.15, 0.2) is 0 Å². The second kappa shape index (κ2) is 4.73. The minimum Gasteiger partial charge on any atom is -0.381 e. The first-order chi connectivity index (χ1) is 7.70. The van der Waals surface area contributed by atoms with Crippen LogP contribution in [0.3, 0.4) is 0 Å². The Bertz CT molecular complexity index is 411. The van der Waals surface area contributed by atoms with Crippen molar-refractivity contribution < 1.29 is 0 Å². The van der Waals surface area contributed by atoms with Crippen molar-refractivity contribution in [2.24, 2.45) is 13.0 Å². The average molecular weight is 220 g/mol. The zero-order valence-electron chi connectivity index (χ0n) is 10.1. The number of nitrogens with one attached hydrogen (secondary N) is 1. The smallest absolute Gasteiger partial charge is 0.250 e. The maximum atomic E-state index is 11.3. The first-order valence-corrected chi connectivity index (χ1v) is 6.14. The molecule has 16 heavy (non-hydrogen) atoms. The molecule has 0 bridgehead atoms. The molecular formula is C13H20N2O. The van der Waals surface area contributed by atoms with Crippen LogP contribution in [0.25, 0.3) is 0 Å². The van der Waals surface area contributed by atoms with E-state index in [1.807, 2.05) is 12.3 Å². The zero-order chi connectivity index (χ0) is 11.5. The molecule has 1 aliphatic rings. The Morgan fingerprint density at radius 1 is 1.44 bits per heavy atom. The van der Waals surface area contributed by atoms with E-state index >= 15 is 0 Å². The van der Waals surface area contributed by atoms with Gasteiger partial charge in [0.2, 0.25) is 5.56 Å². The van der Waals surface area contributed by atoms with Crippen molar-refractivity contribution in [1.82, 2.24) is 4.57 Å². The van der Waals surface area contributed by atoms with Crippen LogP contribution in [-0.2, 0) is 7.05 Å². The van der Waals surface area contributed by atoms with Gasteiger partial charge in [0.05, 0.1) is 5.69 Å². The van der Waals surface area contributed by atoms with E-state index in [4.69, 9.17) is 0 Å². The molecule has 0 aliphatic heterocycles. The summed E-state index contributed by atoms with van der Waals surface area (Å²) in [5.74, 6) is 0.789. The van der Waals surface area contributed by atoms with Crippen LogP contribution >= 0.6 is 0 Å². The van der Waals surface area contributed by atoms with Crippen molar-refractivity contribution in [2.75, 3.05) is 5.32 Å². The highest BCUT2D eigenvalue weighted by atomic mass is 16.1. The fourth-order valence-corrected chi connectivity index (χ4v) is 2.61. The van der Waals surface area contributed by atoms with Crippen molar-refractivity contribution in [3.63, 3.8) is 0 Å². The normalized spacial score (nSPS) is 24.6. The van der Waals surface area contributed by atoms with Gasteiger partial charge in [-0.25, -0.2) is 0 Å². The van der Waals surface area contributed by atoms with Gasteiger partial charge < -0.3 is 9.88 Å². The molecule has 2 atom stereocenters. The lowest BCUT2D eigenvalue weighted by Gasteiger charge is -2.21. The third-order valence-corrected chi connectivity index (χ3v) is 3.62. The Hall–Kier alpha value is -1.25. The molecule has 1 aromatic rings. The fourth-order valence-electron chi connectivity index (χ4n) is 2.61. The van der Waals surface area contributed by atoms with Crippen LogP contribution in [0, 0.1) is 5.92 Å². The predicted molar refractivity (Wildman–Crippen MR) is 66.7 cm³/mol. The van der Waals surface area contributed by atoms with E-state index in [1.54, 1.807) is 17.7 Å². The van der Waals surface area contributed by atoms with Crippen LogP contribution < -0.4 is 10.9 Å². The summed E-state index contributed by atoms with van der Waals surface area (Å²) in [7, 11) is 1.79. The van der Waals surface area contributed by atoms with E-state index in [9.17, 15) is 4.79 Å². The summed E-state index contributed by atoms with van der Waals surface area (Å²) >= 11 is 0. The van der Waals surface area contributed by atoms with Crippen LogP contribution in [0.5, 0.6) is 0 Å². The lowest BCUT2D eigenvalue weighted by atomic mass is 10.0. The molecule has 1 aromatic heterocycles. The van der Waals surface area contributed by atoms with E-state index in [0.29, 0.717) is 6.04 Å². The largest absolute Gasteiger partial charge is 0.381 e. The first kappa shape index (κ1) is 11.2. The van der Waals surface area contributed by atoms with E-state index < -0.39 is 0 Å². The maximum Gasteiger partial charge on any atom is 0.250 e. The number of anilines is 1. The summed E-state index contributed by atoms with van der Waals surface area (Å²) in [5, 5.41) is 3.55. The zero-order valence-corrected chi connectivity index (χ0v) is 10.1. The van der Waals surface area contributed by atoms with Gasteiger partial charge in [-0.3, -0.25) is 4.79 Å². The lowest BCUT2D eigenvalue weighted by Crippen LogP contribution is -2.24. The highest BCUT2D eigenvalue weighted by Crippen LogP contribution is 2.30. The van der Waals surface area contributed by atoms with Gasteiger partial charge in [-0.2, -0.15) is 0 Å². The van der Waals surface area contributed by atoms with Crippen molar-refractivity contribution in [2.45, 2.75) is 38.6 Å². The Labute approximate surface area is 96.5 Å². The van der Waals surface area contributed by atoms with Gasteiger partial charge in [0.25, 0.3) is 0 Å². The van der Waals surface area contributed by atoms with Crippen LogP contribution in [0.4, 0.5) is 5.69 Å². The standard InChI is InChI=1S/C13H20N2O/c1-3-10-5-4-6-12(10)14-11-7-8-13(16)15(2)9-11/h7-10,12,14H,3-6H2,1-2H3. The molecule has 3 heteroatoms. The number of nitrogens with zero attached hydrogens (tertiary/aromatic N) is 1. The molecule has 88 valence electrons. The van der Waals surface area contributed by atoms with Crippen molar-refractivity contribution in [3.8, 4) is 0 Å². The highest BCUT2D eigenvalue weighted by molar-refractivity contribution is 5.41. The highest BCUT2D eigenvalue weighted by Gasteiger charge is 2.25. The van der Waals surface area contributed by atoms with E-state index in [2.05, 4.69) is 12.2 Å². The third-order valence-electron chi connectivity index (χ3n) is 3.62. The Morgan fingerprint density at radius 3 is 2.94 bits per heavy atom. The molecule has 1 N–H and O–H groups in total. The minimum absolute atomic E-state index is 0.0454. The van der Waals surface area contributed by atoms with Crippen molar-refractivity contribution >= 4 is 5.69 Å². The van der Waals surface area contributed by atoms with Crippen LogP contribution in [0.15, 0.2) is 23.1 Å². The SMILES string of the molecule is CCC1CCCC1Nc1ccc(=O)n(C)c1. The molecule has 3 nitrogen and oxygen atoms in total. The third kappa shape index (κ3) is 2.29. The monoisotopic (exact) mass is 220 g/mol. The topological polar surface area (TPSA) is 34.0 Å². The average Bonchev–Trinajstić information content (AvgIpc) is 2.71. The van der Waals surface area contributed by atoms with Gasteiger partial charge in [-0.05, 0) is 24.8 Å². The lowest BCUT2D eigenvalue weighted by molar-refractivity contribution is 0.489. The number of pyridine rings is 1. The molecular weight excluding hydrogens is 200 g/mol. The van der Waals surface area contributed by atoms with Gasteiger partial charge in [0, 0.05) is 25.4 Å². The summed E-state index contributed by atoms with van der Waals surface area (Å²) in [5.41, 5.74) is 1.11. The molecule has 0 saturated heterocycles. The second-order valence-corrected chi connectivity index (χ2v) is 4.72. The minimum atomic E-state index is 0.0454. The quantitative estimate of drug-likeness (QED) is 0.848. The number of aryl methyl sites for hydroxylation is 1. The number of rotatable bonds is 3. The molecule has 0 aromatic carbocycles. The Morgan fingerprint density at radius 2 is 2.25 bits per heavy atom. The van der Waals surface area contributed by atoms with E-state index in [0.717, 1.165) is 11.6 Å². The summed E-state index contributed by atoms with van der Waals surface area (Å²) in [6.45, 7) is 2.26. The fraction of sp³-hybridized carbons (Fsp3) is 0.615. The van der Waals surface area contributed by atoms with E-state index in [1.165, 1.54) is 25.7 Å². The van der Waals surface area contributed by atoms with Crippen LogP contribution in [0.1, 0.15) is 32.6 Å². The first-order valence-electron chi connectivity index (χ1n) is 6.14. The summed E-state index contributed by atoms with van der Waals surface area (Å²) in [4.78, 5) is 11.3. The summed E-state index contributed by atoms with van der Waals surface area (Å²) < 4.78 is 1.62. The number of aromatic nitrogens is 1. The van der Waals surface area contributed by atoms with Crippen molar-refractivity contribution in [1.29, 1.82) is 0 Å². The summed E-state index contributed by atoms with van der Waals surface area (Å²) in [6.07, 6.45) is 7.03. The molecule has 1 saturated carbocycles. The Balaban J connectivity index is 2.08.